The average molecular weight is 444 g/mol. The highest BCUT2D eigenvalue weighted by molar-refractivity contribution is 7.99. The van der Waals surface area contributed by atoms with E-state index in [4.69, 9.17) is 0 Å². The van der Waals surface area contributed by atoms with E-state index in [1.54, 1.807) is 25.1 Å². The lowest BCUT2D eigenvalue weighted by Gasteiger charge is -2.09. The molecule has 0 saturated carbocycles. The zero-order valence-corrected chi connectivity index (χ0v) is 18.4. The Morgan fingerprint density at radius 2 is 1.80 bits per heavy atom. The second-order valence-corrected chi connectivity index (χ2v) is 9.66. The van der Waals surface area contributed by atoms with Crippen LogP contribution in [0.15, 0.2) is 68.4 Å². The van der Waals surface area contributed by atoms with Crippen LogP contribution in [-0.2, 0) is 14.6 Å². The van der Waals surface area contributed by atoms with Gasteiger partial charge in [0.2, 0.25) is 15.7 Å². The largest absolute Gasteiger partial charge is 0.325 e. The van der Waals surface area contributed by atoms with Crippen molar-refractivity contribution >= 4 is 33.2 Å². The second kappa shape index (κ2) is 8.85. The normalized spacial score (nSPS) is 11.3. The maximum Gasteiger partial charge on any atom is 0.270 e. The van der Waals surface area contributed by atoms with Crippen LogP contribution in [0.5, 0.6) is 0 Å². The van der Waals surface area contributed by atoms with Crippen molar-refractivity contribution in [3.8, 4) is 0 Å². The van der Waals surface area contributed by atoms with Crippen molar-refractivity contribution < 1.29 is 13.2 Å². The van der Waals surface area contributed by atoms with E-state index in [9.17, 15) is 18.0 Å². The molecule has 0 aliphatic heterocycles. The Balaban J connectivity index is 1.74. The van der Waals surface area contributed by atoms with Crippen LogP contribution in [0.25, 0.3) is 0 Å². The number of aromatic amines is 1. The van der Waals surface area contributed by atoms with Gasteiger partial charge in [-0.05, 0) is 44.0 Å². The molecule has 3 rings (SSSR count). The maximum absolute atomic E-state index is 12.9. The lowest BCUT2D eigenvalue weighted by Crippen LogP contribution is -2.20. The van der Waals surface area contributed by atoms with Gasteiger partial charge in [0.1, 0.15) is 0 Å². The average Bonchev–Trinajstić information content (AvgIpc) is 2.67. The van der Waals surface area contributed by atoms with Crippen LogP contribution in [0.1, 0.15) is 16.7 Å². The number of aryl methyl sites for hydroxylation is 3. The number of hydrogen-bond donors (Lipinski definition) is 2. The number of aromatic nitrogens is 2. The summed E-state index contributed by atoms with van der Waals surface area (Å²) in [5.74, 6) is -0.246. The Labute approximate surface area is 178 Å². The number of nitrogens with one attached hydrogen (secondary N) is 2. The predicted octanol–water partition coefficient (Wildman–Crippen LogP) is 3.26. The van der Waals surface area contributed by atoms with Gasteiger partial charge in [0.25, 0.3) is 5.56 Å². The quantitative estimate of drug-likeness (QED) is 0.447. The first kappa shape index (κ1) is 21.8. The van der Waals surface area contributed by atoms with Gasteiger partial charge in [-0.2, -0.15) is 0 Å². The summed E-state index contributed by atoms with van der Waals surface area (Å²) in [6, 6.07) is 12.3. The molecule has 0 aliphatic rings. The van der Waals surface area contributed by atoms with Crippen LogP contribution in [-0.4, -0.2) is 30.0 Å². The van der Waals surface area contributed by atoms with Crippen molar-refractivity contribution in [3.63, 3.8) is 0 Å². The molecule has 9 heteroatoms. The zero-order chi connectivity index (χ0) is 21.9. The molecule has 0 bridgehead atoms. The molecule has 0 unspecified atom stereocenters. The van der Waals surface area contributed by atoms with Crippen LogP contribution < -0.4 is 10.9 Å². The van der Waals surface area contributed by atoms with Crippen LogP contribution in [0.3, 0.4) is 0 Å². The maximum atomic E-state index is 12.9. The molecule has 3 aromatic rings. The van der Waals surface area contributed by atoms with Gasteiger partial charge in [-0.3, -0.25) is 9.59 Å². The minimum atomic E-state index is -4.01. The van der Waals surface area contributed by atoms with Gasteiger partial charge in [-0.1, -0.05) is 47.7 Å². The Morgan fingerprint density at radius 1 is 1.07 bits per heavy atom. The Kier molecular flexibility index (Phi) is 6.42. The molecule has 0 spiro atoms. The third kappa shape index (κ3) is 4.80. The fraction of sp³-hybridized carbons (Fsp3) is 0.190. The van der Waals surface area contributed by atoms with E-state index in [0.717, 1.165) is 29.1 Å². The lowest BCUT2D eigenvalue weighted by atomic mass is 10.2. The smallest absolute Gasteiger partial charge is 0.270 e. The molecule has 156 valence electrons. The molecule has 2 aromatic carbocycles. The fourth-order valence-electron chi connectivity index (χ4n) is 2.88. The Bertz CT molecular complexity index is 1270. The highest BCUT2D eigenvalue weighted by Crippen LogP contribution is 2.23. The number of carbonyl (C=O) groups is 1. The number of benzene rings is 2. The molecule has 1 heterocycles. The van der Waals surface area contributed by atoms with Crippen molar-refractivity contribution in [1.29, 1.82) is 0 Å². The van der Waals surface area contributed by atoms with Crippen LogP contribution >= 0.6 is 11.8 Å². The van der Waals surface area contributed by atoms with Crippen molar-refractivity contribution in [2.75, 3.05) is 11.1 Å². The third-order valence-corrected chi connectivity index (χ3v) is 7.21. The number of hydrogen-bond acceptors (Lipinski definition) is 6. The van der Waals surface area contributed by atoms with Crippen molar-refractivity contribution in [3.05, 3.63) is 75.7 Å². The van der Waals surface area contributed by atoms with Crippen molar-refractivity contribution in [1.82, 2.24) is 9.97 Å². The minimum absolute atomic E-state index is 0.0143. The number of anilines is 1. The summed E-state index contributed by atoms with van der Waals surface area (Å²) in [6.45, 7) is 5.43. The van der Waals surface area contributed by atoms with Crippen LogP contribution in [0.4, 0.5) is 5.69 Å². The van der Waals surface area contributed by atoms with E-state index < -0.39 is 20.3 Å². The van der Waals surface area contributed by atoms with E-state index in [1.807, 2.05) is 32.0 Å². The number of H-pyrrole nitrogens is 1. The highest BCUT2D eigenvalue weighted by atomic mass is 32.2. The number of carbonyl (C=O) groups excluding carboxylic acids is 1. The van der Waals surface area contributed by atoms with E-state index in [0.29, 0.717) is 11.3 Å². The second-order valence-electron chi connectivity index (χ2n) is 6.81. The number of thioether (sulfide) groups is 1. The van der Waals surface area contributed by atoms with Gasteiger partial charge in [-0.15, -0.1) is 0 Å². The molecule has 30 heavy (non-hydrogen) atoms. The number of para-hydroxylation sites is 1. The molecule has 7 nitrogen and oxygen atoms in total. The standard InChI is InChI=1S/C21H21N3O4S2/c1-13-8-9-17(15(3)10-13)30(27,28)18-11-22-21(24-20(18)26)29-12-19(25)23-16-7-5-4-6-14(16)2/h4-11H,12H2,1-3H3,(H,23,25)(H,22,24,26). The van der Waals surface area contributed by atoms with E-state index in [2.05, 4.69) is 15.3 Å². The molecule has 1 amide bonds. The van der Waals surface area contributed by atoms with Crippen molar-refractivity contribution in [2.45, 2.75) is 35.7 Å². The van der Waals surface area contributed by atoms with Gasteiger partial charge in [0.05, 0.1) is 16.8 Å². The summed E-state index contributed by atoms with van der Waals surface area (Å²) >= 11 is 1.01. The van der Waals surface area contributed by atoms with E-state index in [1.165, 1.54) is 6.07 Å². The predicted molar refractivity (Wildman–Crippen MR) is 117 cm³/mol. The molecule has 0 fully saturated rings. The summed E-state index contributed by atoms with van der Waals surface area (Å²) in [5, 5.41) is 2.95. The number of amides is 1. The summed E-state index contributed by atoms with van der Waals surface area (Å²) < 4.78 is 25.7. The first-order valence-corrected chi connectivity index (χ1v) is 11.6. The van der Waals surface area contributed by atoms with Gasteiger partial charge < -0.3 is 10.3 Å². The van der Waals surface area contributed by atoms with Gasteiger partial charge in [0, 0.05) is 5.69 Å². The topological polar surface area (TPSA) is 109 Å². The SMILES string of the molecule is Cc1ccc(S(=O)(=O)c2cnc(SCC(=O)Nc3ccccc3C)[nH]c2=O)c(C)c1. The first-order valence-electron chi connectivity index (χ1n) is 9.08. The Hall–Kier alpha value is -2.91. The molecule has 2 N–H and O–H groups in total. The Morgan fingerprint density at radius 3 is 2.47 bits per heavy atom. The number of rotatable bonds is 6. The zero-order valence-electron chi connectivity index (χ0n) is 16.7. The molecule has 0 radical (unpaired) electrons. The number of nitrogens with zero attached hydrogens (tertiary/aromatic N) is 1. The van der Waals surface area contributed by atoms with Gasteiger partial charge >= 0.3 is 0 Å². The molecular weight excluding hydrogens is 422 g/mol. The van der Waals surface area contributed by atoms with Gasteiger partial charge in [0.15, 0.2) is 10.1 Å². The monoisotopic (exact) mass is 443 g/mol. The highest BCUT2D eigenvalue weighted by Gasteiger charge is 2.24. The van der Waals surface area contributed by atoms with Gasteiger partial charge in [-0.25, -0.2) is 13.4 Å². The van der Waals surface area contributed by atoms with E-state index in [-0.39, 0.29) is 21.7 Å². The summed E-state index contributed by atoms with van der Waals surface area (Å²) in [6.07, 6.45) is 1.04. The summed E-state index contributed by atoms with van der Waals surface area (Å²) in [7, 11) is -4.01. The fourth-order valence-corrected chi connectivity index (χ4v) is 4.97. The molecular formula is C21H21N3O4S2. The van der Waals surface area contributed by atoms with Crippen LogP contribution in [0, 0.1) is 20.8 Å². The van der Waals surface area contributed by atoms with Crippen LogP contribution in [0.2, 0.25) is 0 Å². The van der Waals surface area contributed by atoms with E-state index >= 15 is 0 Å². The molecule has 0 aliphatic carbocycles. The molecule has 0 saturated heterocycles. The lowest BCUT2D eigenvalue weighted by molar-refractivity contribution is -0.113. The third-order valence-electron chi connectivity index (χ3n) is 4.41. The summed E-state index contributed by atoms with van der Waals surface area (Å²) in [5.41, 5.74) is 2.35. The molecule has 1 aromatic heterocycles. The minimum Gasteiger partial charge on any atom is -0.325 e. The van der Waals surface area contributed by atoms with Crippen molar-refractivity contribution in [2.24, 2.45) is 0 Å². The molecule has 0 atom stereocenters. The summed E-state index contributed by atoms with van der Waals surface area (Å²) in [4.78, 5) is 30.7. The number of sulfone groups is 1. The first-order chi connectivity index (χ1) is 14.2.